The van der Waals surface area contributed by atoms with Crippen molar-refractivity contribution in [2.24, 2.45) is 5.92 Å². The molecule has 0 saturated carbocycles. The van der Waals surface area contributed by atoms with E-state index in [9.17, 15) is 0 Å². The molecule has 0 aliphatic rings. The van der Waals surface area contributed by atoms with Gasteiger partial charge >= 0.3 is 0 Å². The van der Waals surface area contributed by atoms with E-state index in [4.69, 9.17) is 10.2 Å². The minimum absolute atomic E-state index is 0.0159. The minimum Gasteiger partial charge on any atom is -0.396 e. The lowest BCUT2D eigenvalue weighted by Crippen LogP contribution is -2.33. The molecule has 0 fully saturated rings. The summed E-state index contributed by atoms with van der Waals surface area (Å²) in [6.07, 6.45) is -0.583. The van der Waals surface area contributed by atoms with Gasteiger partial charge in [0.2, 0.25) is 0 Å². The first kappa shape index (κ1) is 7.88. The maximum absolute atomic E-state index is 8.86. The highest BCUT2D eigenvalue weighted by atomic mass is 16.3. The second-order valence-corrected chi connectivity index (χ2v) is 1.89. The first-order chi connectivity index (χ1) is 3.72. The Bertz CT molecular complexity index is 50.4. The van der Waals surface area contributed by atoms with Crippen LogP contribution < -0.4 is 5.32 Å². The Labute approximate surface area is 49.3 Å². The molecule has 0 rings (SSSR count). The van der Waals surface area contributed by atoms with Crippen LogP contribution in [0.2, 0.25) is 0 Å². The first-order valence-corrected chi connectivity index (χ1v) is 2.68. The Hall–Kier alpha value is -0.120. The summed E-state index contributed by atoms with van der Waals surface area (Å²) < 4.78 is 0. The number of rotatable bonds is 3. The van der Waals surface area contributed by atoms with E-state index in [1.165, 1.54) is 0 Å². The number of hydrogen-bond acceptors (Lipinski definition) is 3. The molecule has 3 heteroatoms. The Morgan fingerprint density at radius 3 is 2.25 bits per heavy atom. The molecule has 0 aromatic carbocycles. The zero-order chi connectivity index (χ0) is 6.57. The highest BCUT2D eigenvalue weighted by Crippen LogP contribution is 1.95. The number of nitrogens with one attached hydrogen (secondary N) is 1. The molecule has 0 radical (unpaired) electrons. The molecule has 3 nitrogen and oxygen atoms in total. The Morgan fingerprint density at radius 1 is 1.62 bits per heavy atom. The molecule has 0 spiro atoms. The molecule has 3 N–H and O–H groups in total. The van der Waals surface area contributed by atoms with E-state index >= 15 is 0 Å². The van der Waals surface area contributed by atoms with Gasteiger partial charge in [-0.25, -0.2) is 0 Å². The molecule has 50 valence electrons. The van der Waals surface area contributed by atoms with Gasteiger partial charge in [0.05, 0.1) is 0 Å². The third-order valence-electron chi connectivity index (χ3n) is 1.12. The lowest BCUT2D eigenvalue weighted by molar-refractivity contribution is 0.0572. The SMILES string of the molecule is CNC(O)C(C)CO. The number of aliphatic hydroxyl groups is 2. The highest BCUT2D eigenvalue weighted by molar-refractivity contribution is 4.56. The van der Waals surface area contributed by atoms with Gasteiger partial charge in [-0.2, -0.15) is 0 Å². The van der Waals surface area contributed by atoms with E-state index in [0.717, 1.165) is 0 Å². The largest absolute Gasteiger partial charge is 0.396 e. The van der Waals surface area contributed by atoms with Gasteiger partial charge in [-0.15, -0.1) is 0 Å². The molecule has 0 aromatic rings. The molecule has 2 atom stereocenters. The molecular formula is C5H13NO2. The topological polar surface area (TPSA) is 52.5 Å². The van der Waals surface area contributed by atoms with Crippen LogP contribution in [0, 0.1) is 5.92 Å². The van der Waals surface area contributed by atoms with Crippen LogP contribution in [-0.2, 0) is 0 Å². The predicted octanol–water partition coefficient (Wildman–Crippen LogP) is -0.847. The number of hydrogen-bond donors (Lipinski definition) is 3. The van der Waals surface area contributed by atoms with Crippen molar-refractivity contribution in [1.29, 1.82) is 0 Å². The van der Waals surface area contributed by atoms with Gasteiger partial charge in [-0.1, -0.05) is 6.92 Å². The van der Waals surface area contributed by atoms with Gasteiger partial charge in [0.15, 0.2) is 0 Å². The van der Waals surface area contributed by atoms with Crippen LogP contribution in [-0.4, -0.2) is 30.1 Å². The second kappa shape index (κ2) is 3.83. The lowest BCUT2D eigenvalue weighted by Gasteiger charge is -2.14. The van der Waals surface area contributed by atoms with Gasteiger partial charge in [0.1, 0.15) is 6.23 Å². The second-order valence-electron chi connectivity index (χ2n) is 1.89. The van der Waals surface area contributed by atoms with Gasteiger partial charge < -0.3 is 10.2 Å². The molecule has 2 unspecified atom stereocenters. The van der Waals surface area contributed by atoms with Crippen molar-refractivity contribution in [3.05, 3.63) is 0 Å². The van der Waals surface area contributed by atoms with E-state index in [-0.39, 0.29) is 12.5 Å². The Kier molecular flexibility index (Phi) is 3.77. The average Bonchev–Trinajstić information content (AvgIpc) is 1.84. The monoisotopic (exact) mass is 119 g/mol. The van der Waals surface area contributed by atoms with E-state index in [2.05, 4.69) is 5.32 Å². The summed E-state index contributed by atoms with van der Waals surface area (Å²) in [4.78, 5) is 0. The van der Waals surface area contributed by atoms with Crippen molar-refractivity contribution < 1.29 is 10.2 Å². The van der Waals surface area contributed by atoms with Crippen molar-refractivity contribution in [1.82, 2.24) is 5.32 Å². The van der Waals surface area contributed by atoms with Gasteiger partial charge in [0, 0.05) is 12.5 Å². The van der Waals surface area contributed by atoms with Crippen LogP contribution in [0.3, 0.4) is 0 Å². The van der Waals surface area contributed by atoms with E-state index in [1.807, 2.05) is 0 Å². The van der Waals surface area contributed by atoms with Crippen LogP contribution in [0.15, 0.2) is 0 Å². The molecule has 0 aliphatic heterocycles. The summed E-state index contributed by atoms with van der Waals surface area (Å²) in [5, 5.41) is 19.9. The molecular weight excluding hydrogens is 106 g/mol. The summed E-state index contributed by atoms with van der Waals surface area (Å²) >= 11 is 0. The van der Waals surface area contributed by atoms with E-state index in [1.54, 1.807) is 14.0 Å². The van der Waals surface area contributed by atoms with Gasteiger partial charge in [-0.3, -0.25) is 5.32 Å². The van der Waals surface area contributed by atoms with E-state index in [0.29, 0.717) is 0 Å². The molecule has 0 saturated heterocycles. The van der Waals surface area contributed by atoms with Gasteiger partial charge in [-0.05, 0) is 7.05 Å². The van der Waals surface area contributed by atoms with Crippen LogP contribution in [0.25, 0.3) is 0 Å². The highest BCUT2D eigenvalue weighted by Gasteiger charge is 2.08. The first-order valence-electron chi connectivity index (χ1n) is 2.68. The van der Waals surface area contributed by atoms with Gasteiger partial charge in [0.25, 0.3) is 0 Å². The van der Waals surface area contributed by atoms with Crippen LogP contribution in [0.5, 0.6) is 0 Å². The van der Waals surface area contributed by atoms with Crippen LogP contribution >= 0.6 is 0 Å². The standard InChI is InChI=1S/C5H13NO2/c1-4(3-7)5(8)6-2/h4-8H,3H2,1-2H3. The summed E-state index contributed by atoms with van der Waals surface area (Å²) in [7, 11) is 1.65. The molecule has 0 amide bonds. The maximum Gasteiger partial charge on any atom is 0.109 e. The molecule has 8 heavy (non-hydrogen) atoms. The van der Waals surface area contributed by atoms with Crippen molar-refractivity contribution in [2.75, 3.05) is 13.7 Å². The lowest BCUT2D eigenvalue weighted by atomic mass is 10.2. The normalized spacial score (nSPS) is 18.0. The molecule has 0 aromatic heterocycles. The van der Waals surface area contributed by atoms with Crippen molar-refractivity contribution in [3.63, 3.8) is 0 Å². The summed E-state index contributed by atoms with van der Waals surface area (Å²) in [6, 6.07) is 0. The van der Waals surface area contributed by atoms with Crippen molar-refractivity contribution >= 4 is 0 Å². The Balaban J connectivity index is 3.29. The van der Waals surface area contributed by atoms with Crippen molar-refractivity contribution in [2.45, 2.75) is 13.2 Å². The Morgan fingerprint density at radius 2 is 2.12 bits per heavy atom. The quantitative estimate of drug-likeness (QED) is 0.424. The smallest absolute Gasteiger partial charge is 0.109 e. The summed E-state index contributed by atoms with van der Waals surface area (Å²) in [6.45, 7) is 1.78. The fourth-order valence-corrected chi connectivity index (χ4v) is 0.384. The van der Waals surface area contributed by atoms with E-state index < -0.39 is 6.23 Å². The van der Waals surface area contributed by atoms with Crippen LogP contribution in [0.4, 0.5) is 0 Å². The molecule has 0 aliphatic carbocycles. The molecule has 0 bridgehead atoms. The third-order valence-corrected chi connectivity index (χ3v) is 1.12. The van der Waals surface area contributed by atoms with Crippen molar-refractivity contribution in [3.8, 4) is 0 Å². The third kappa shape index (κ3) is 2.26. The predicted molar refractivity (Wildman–Crippen MR) is 31.3 cm³/mol. The zero-order valence-electron chi connectivity index (χ0n) is 5.26. The average molecular weight is 119 g/mol. The zero-order valence-corrected chi connectivity index (χ0v) is 5.26. The fourth-order valence-electron chi connectivity index (χ4n) is 0.384. The number of aliphatic hydroxyl groups excluding tert-OH is 2. The molecule has 0 heterocycles. The van der Waals surface area contributed by atoms with Crippen LogP contribution in [0.1, 0.15) is 6.92 Å². The summed E-state index contributed by atoms with van der Waals surface area (Å²) in [5.74, 6) is -0.0833. The maximum atomic E-state index is 8.86. The minimum atomic E-state index is -0.583. The fraction of sp³-hybridized carbons (Fsp3) is 1.00. The summed E-state index contributed by atoms with van der Waals surface area (Å²) in [5.41, 5.74) is 0.